The lowest BCUT2D eigenvalue weighted by atomic mass is 9.98. The van der Waals surface area contributed by atoms with Gasteiger partial charge in [0.1, 0.15) is 0 Å². The van der Waals surface area contributed by atoms with Crippen molar-refractivity contribution in [2.24, 2.45) is 0 Å². The highest BCUT2D eigenvalue weighted by Gasteiger charge is 2.34. The van der Waals surface area contributed by atoms with Crippen molar-refractivity contribution in [3.8, 4) is 0 Å². The molecule has 0 saturated carbocycles. The number of amides is 1. The summed E-state index contributed by atoms with van der Waals surface area (Å²) in [6.07, 6.45) is -0.220. The predicted octanol–water partition coefficient (Wildman–Crippen LogP) is 2.17. The second-order valence-corrected chi connectivity index (χ2v) is 7.47. The van der Waals surface area contributed by atoms with Crippen LogP contribution in [0.2, 0.25) is 0 Å². The Balaban J connectivity index is 1.36. The SMILES string of the molecule is O=C1OC(C(=O)N2CCN(Cc3cccs3)CC2)Cc2ccccc21. The van der Waals surface area contributed by atoms with Crippen LogP contribution in [0.5, 0.6) is 0 Å². The summed E-state index contributed by atoms with van der Waals surface area (Å²) >= 11 is 1.76. The van der Waals surface area contributed by atoms with Gasteiger partial charge in [-0.25, -0.2) is 4.79 Å². The van der Waals surface area contributed by atoms with Gasteiger partial charge in [0.25, 0.3) is 5.91 Å². The number of cyclic esters (lactones) is 1. The summed E-state index contributed by atoms with van der Waals surface area (Å²) < 4.78 is 5.40. The van der Waals surface area contributed by atoms with Crippen LogP contribution in [0.4, 0.5) is 0 Å². The molecule has 1 fully saturated rings. The fourth-order valence-corrected chi connectivity index (χ4v) is 4.17. The molecule has 1 unspecified atom stereocenters. The fourth-order valence-electron chi connectivity index (χ4n) is 3.42. The summed E-state index contributed by atoms with van der Waals surface area (Å²) in [7, 11) is 0. The molecule has 6 heteroatoms. The maximum Gasteiger partial charge on any atom is 0.339 e. The molecule has 130 valence electrons. The van der Waals surface area contributed by atoms with Gasteiger partial charge in [-0.1, -0.05) is 24.3 Å². The molecule has 2 aromatic rings. The Morgan fingerprint density at radius 2 is 1.92 bits per heavy atom. The van der Waals surface area contributed by atoms with E-state index in [0.717, 1.165) is 25.2 Å². The zero-order valence-electron chi connectivity index (χ0n) is 13.9. The Hall–Kier alpha value is -2.18. The van der Waals surface area contributed by atoms with E-state index in [-0.39, 0.29) is 5.91 Å². The van der Waals surface area contributed by atoms with Gasteiger partial charge in [-0.2, -0.15) is 0 Å². The number of fused-ring (bicyclic) bond motifs is 1. The molecule has 0 radical (unpaired) electrons. The minimum Gasteiger partial charge on any atom is -0.448 e. The molecule has 0 aliphatic carbocycles. The van der Waals surface area contributed by atoms with Gasteiger partial charge in [-0.3, -0.25) is 9.69 Å². The molecule has 1 saturated heterocycles. The molecule has 1 amide bonds. The van der Waals surface area contributed by atoms with Crippen LogP contribution in [0.25, 0.3) is 0 Å². The first-order chi connectivity index (χ1) is 12.2. The number of carbonyl (C=O) groups is 2. The summed E-state index contributed by atoms with van der Waals surface area (Å²) in [6.45, 7) is 3.99. The van der Waals surface area contributed by atoms with Gasteiger partial charge in [0.2, 0.25) is 0 Å². The van der Waals surface area contributed by atoms with E-state index >= 15 is 0 Å². The highest BCUT2D eigenvalue weighted by Crippen LogP contribution is 2.22. The molecule has 1 atom stereocenters. The standard InChI is InChI=1S/C19H20N2O3S/c22-18(17-12-14-4-1-2-6-16(14)19(23)24-17)21-9-7-20(8-10-21)13-15-5-3-11-25-15/h1-6,11,17H,7-10,12-13H2. The van der Waals surface area contributed by atoms with Crippen LogP contribution in [0.15, 0.2) is 41.8 Å². The number of thiophene rings is 1. The average molecular weight is 356 g/mol. The fraction of sp³-hybridized carbons (Fsp3) is 0.368. The van der Waals surface area contributed by atoms with Gasteiger partial charge in [-0.05, 0) is 23.1 Å². The van der Waals surface area contributed by atoms with Crippen molar-refractivity contribution in [1.29, 1.82) is 0 Å². The molecular formula is C19H20N2O3S. The number of hydrogen-bond donors (Lipinski definition) is 0. The molecule has 1 aromatic carbocycles. The quantitative estimate of drug-likeness (QED) is 0.791. The Morgan fingerprint density at radius 3 is 2.68 bits per heavy atom. The smallest absolute Gasteiger partial charge is 0.339 e. The molecule has 2 aliphatic rings. The average Bonchev–Trinajstić information content (AvgIpc) is 3.15. The van der Waals surface area contributed by atoms with Crippen molar-refractivity contribution in [2.75, 3.05) is 26.2 Å². The first-order valence-electron chi connectivity index (χ1n) is 8.53. The first-order valence-corrected chi connectivity index (χ1v) is 9.41. The molecule has 25 heavy (non-hydrogen) atoms. The van der Waals surface area contributed by atoms with Gasteiger partial charge in [0.15, 0.2) is 6.10 Å². The van der Waals surface area contributed by atoms with Crippen LogP contribution in [-0.2, 0) is 22.5 Å². The Labute approximate surface area is 150 Å². The van der Waals surface area contributed by atoms with Gasteiger partial charge >= 0.3 is 5.97 Å². The molecule has 3 heterocycles. The maximum absolute atomic E-state index is 12.8. The van der Waals surface area contributed by atoms with Crippen LogP contribution >= 0.6 is 11.3 Å². The van der Waals surface area contributed by atoms with Crippen LogP contribution in [0.1, 0.15) is 20.8 Å². The van der Waals surface area contributed by atoms with Crippen molar-refractivity contribution in [1.82, 2.24) is 9.80 Å². The topological polar surface area (TPSA) is 49.9 Å². The summed E-state index contributed by atoms with van der Waals surface area (Å²) in [5, 5.41) is 2.09. The van der Waals surface area contributed by atoms with Crippen LogP contribution in [-0.4, -0.2) is 54.0 Å². The van der Waals surface area contributed by atoms with Gasteiger partial charge in [0, 0.05) is 44.0 Å². The number of piperazine rings is 1. The van der Waals surface area contributed by atoms with E-state index in [4.69, 9.17) is 4.74 Å². The highest BCUT2D eigenvalue weighted by atomic mass is 32.1. The van der Waals surface area contributed by atoms with Crippen molar-refractivity contribution < 1.29 is 14.3 Å². The lowest BCUT2D eigenvalue weighted by Crippen LogP contribution is -2.52. The molecular weight excluding hydrogens is 336 g/mol. The third-order valence-electron chi connectivity index (χ3n) is 4.81. The highest BCUT2D eigenvalue weighted by molar-refractivity contribution is 7.09. The van der Waals surface area contributed by atoms with E-state index < -0.39 is 12.1 Å². The Morgan fingerprint density at radius 1 is 1.12 bits per heavy atom. The summed E-state index contributed by atoms with van der Waals surface area (Å²) in [5.74, 6) is -0.463. The minimum atomic E-state index is -0.689. The number of carbonyl (C=O) groups excluding carboxylic acids is 2. The van der Waals surface area contributed by atoms with Crippen molar-refractivity contribution in [3.63, 3.8) is 0 Å². The zero-order chi connectivity index (χ0) is 17.2. The van der Waals surface area contributed by atoms with E-state index in [2.05, 4.69) is 22.4 Å². The normalized spacial score (nSPS) is 20.9. The number of rotatable bonds is 3. The largest absolute Gasteiger partial charge is 0.448 e. The van der Waals surface area contributed by atoms with Crippen molar-refractivity contribution in [3.05, 3.63) is 57.8 Å². The van der Waals surface area contributed by atoms with E-state index in [1.165, 1.54) is 4.88 Å². The number of esters is 1. The summed E-state index contributed by atoms with van der Waals surface area (Å²) in [4.78, 5) is 30.4. The molecule has 0 bridgehead atoms. The lowest BCUT2D eigenvalue weighted by molar-refractivity contribution is -0.142. The molecule has 4 rings (SSSR count). The van der Waals surface area contributed by atoms with Gasteiger partial charge < -0.3 is 9.64 Å². The predicted molar refractivity (Wildman–Crippen MR) is 95.5 cm³/mol. The Kier molecular flexibility index (Phi) is 4.55. The molecule has 5 nitrogen and oxygen atoms in total. The Bertz CT molecular complexity index is 767. The maximum atomic E-state index is 12.8. The second-order valence-electron chi connectivity index (χ2n) is 6.44. The number of hydrogen-bond acceptors (Lipinski definition) is 5. The second kappa shape index (κ2) is 6.98. The van der Waals surface area contributed by atoms with E-state index in [1.54, 1.807) is 17.4 Å². The van der Waals surface area contributed by atoms with Crippen LogP contribution in [0, 0.1) is 0 Å². The third-order valence-corrected chi connectivity index (χ3v) is 5.67. The molecule has 2 aliphatic heterocycles. The molecule has 1 aromatic heterocycles. The van der Waals surface area contributed by atoms with E-state index in [1.807, 2.05) is 23.1 Å². The summed E-state index contributed by atoms with van der Waals surface area (Å²) in [6, 6.07) is 11.6. The number of nitrogens with zero attached hydrogens (tertiary/aromatic N) is 2. The minimum absolute atomic E-state index is 0.0707. The number of benzene rings is 1. The molecule has 0 N–H and O–H groups in total. The lowest BCUT2D eigenvalue weighted by Gasteiger charge is -2.36. The third kappa shape index (κ3) is 3.45. The first kappa shape index (κ1) is 16.3. The monoisotopic (exact) mass is 356 g/mol. The summed E-state index contributed by atoms with van der Waals surface area (Å²) in [5.41, 5.74) is 1.47. The molecule has 0 spiro atoms. The van der Waals surface area contributed by atoms with Gasteiger partial charge in [-0.15, -0.1) is 11.3 Å². The van der Waals surface area contributed by atoms with E-state index in [9.17, 15) is 9.59 Å². The number of ether oxygens (including phenoxy) is 1. The zero-order valence-corrected chi connectivity index (χ0v) is 14.7. The van der Waals surface area contributed by atoms with Crippen molar-refractivity contribution >= 4 is 23.2 Å². The van der Waals surface area contributed by atoms with Crippen LogP contribution < -0.4 is 0 Å². The van der Waals surface area contributed by atoms with Crippen LogP contribution in [0.3, 0.4) is 0 Å². The van der Waals surface area contributed by atoms with E-state index in [0.29, 0.717) is 25.1 Å². The van der Waals surface area contributed by atoms with Gasteiger partial charge in [0.05, 0.1) is 5.56 Å². The van der Waals surface area contributed by atoms with Crippen molar-refractivity contribution in [2.45, 2.75) is 19.1 Å².